The van der Waals surface area contributed by atoms with E-state index in [1.165, 1.54) is 11.1 Å². The van der Waals surface area contributed by atoms with Crippen molar-refractivity contribution in [1.29, 1.82) is 0 Å². The number of thiophene rings is 1. The molecule has 0 amide bonds. The fourth-order valence-electron chi connectivity index (χ4n) is 1.54. The number of hydrogen-bond acceptors (Lipinski definition) is 2. The van der Waals surface area contributed by atoms with Crippen LogP contribution in [0.1, 0.15) is 17.2 Å². The molecule has 0 aliphatic heterocycles. The highest BCUT2D eigenvalue weighted by molar-refractivity contribution is 9.10. The zero-order chi connectivity index (χ0) is 11.5. The number of benzene rings is 1. The Morgan fingerprint density at radius 2 is 1.81 bits per heavy atom. The Balaban J connectivity index is 2.10. The van der Waals surface area contributed by atoms with E-state index >= 15 is 0 Å². The molecule has 1 atom stereocenters. The summed E-state index contributed by atoms with van der Waals surface area (Å²) < 4.78 is 2.21. The summed E-state index contributed by atoms with van der Waals surface area (Å²) in [6, 6.07) is 8.35. The summed E-state index contributed by atoms with van der Waals surface area (Å²) in [6.07, 6.45) is 0.864. The molecule has 0 spiro atoms. The van der Waals surface area contributed by atoms with E-state index in [1.807, 2.05) is 12.1 Å². The summed E-state index contributed by atoms with van der Waals surface area (Å²) in [6.45, 7) is 0. The van der Waals surface area contributed by atoms with Crippen LogP contribution in [0.15, 0.2) is 44.0 Å². The van der Waals surface area contributed by atoms with Gasteiger partial charge in [0.15, 0.2) is 0 Å². The molecule has 0 aliphatic carbocycles. The van der Waals surface area contributed by atoms with Crippen LogP contribution in [0.25, 0.3) is 0 Å². The van der Waals surface area contributed by atoms with Gasteiger partial charge in [0.05, 0.1) is 0 Å². The molecular formula is C12H11Br2NS. The van der Waals surface area contributed by atoms with Crippen LogP contribution in [0.5, 0.6) is 0 Å². The predicted octanol–water partition coefficient (Wildman–Crippen LogP) is 4.52. The lowest BCUT2D eigenvalue weighted by Crippen LogP contribution is -2.12. The van der Waals surface area contributed by atoms with Gasteiger partial charge in [0.25, 0.3) is 0 Å². The Bertz CT molecular complexity index is 464. The molecule has 2 rings (SSSR count). The third-order valence-electron chi connectivity index (χ3n) is 2.41. The van der Waals surface area contributed by atoms with Crippen LogP contribution < -0.4 is 5.73 Å². The van der Waals surface area contributed by atoms with E-state index < -0.39 is 0 Å². The molecule has 16 heavy (non-hydrogen) atoms. The number of hydrogen-bond donors (Lipinski definition) is 1. The zero-order valence-electron chi connectivity index (χ0n) is 8.49. The minimum absolute atomic E-state index is 0.0572. The maximum atomic E-state index is 6.18. The van der Waals surface area contributed by atoms with Gasteiger partial charge in [-0.3, -0.25) is 0 Å². The molecule has 2 aromatic rings. The molecule has 1 unspecified atom stereocenters. The van der Waals surface area contributed by atoms with Crippen LogP contribution in [-0.4, -0.2) is 0 Å². The number of halogens is 2. The monoisotopic (exact) mass is 359 g/mol. The van der Waals surface area contributed by atoms with Gasteiger partial charge in [0.1, 0.15) is 0 Å². The van der Waals surface area contributed by atoms with Crippen LogP contribution in [0.4, 0.5) is 0 Å². The summed E-state index contributed by atoms with van der Waals surface area (Å²) in [5.74, 6) is 0. The van der Waals surface area contributed by atoms with Crippen molar-refractivity contribution in [3.63, 3.8) is 0 Å². The molecule has 1 aromatic carbocycles. The van der Waals surface area contributed by atoms with E-state index in [4.69, 9.17) is 5.73 Å². The first kappa shape index (κ1) is 12.3. The first-order valence-corrected chi connectivity index (χ1v) is 7.41. The highest BCUT2D eigenvalue weighted by Crippen LogP contribution is 2.28. The SMILES string of the molecule is NC(Cc1ccc(Br)cc1)c1cscc1Br. The van der Waals surface area contributed by atoms with Gasteiger partial charge in [-0.15, -0.1) is 0 Å². The van der Waals surface area contributed by atoms with E-state index in [9.17, 15) is 0 Å². The van der Waals surface area contributed by atoms with Crippen LogP contribution in [-0.2, 0) is 6.42 Å². The second-order valence-electron chi connectivity index (χ2n) is 3.61. The van der Waals surface area contributed by atoms with Crippen molar-refractivity contribution in [2.75, 3.05) is 0 Å². The molecule has 1 aromatic heterocycles. The number of rotatable bonds is 3. The Labute approximate surface area is 116 Å². The Morgan fingerprint density at radius 3 is 2.38 bits per heavy atom. The Kier molecular flexibility index (Phi) is 4.19. The lowest BCUT2D eigenvalue weighted by atomic mass is 10.0. The van der Waals surface area contributed by atoms with E-state index in [2.05, 4.69) is 54.8 Å². The van der Waals surface area contributed by atoms with Gasteiger partial charge in [-0.25, -0.2) is 0 Å². The molecule has 0 fully saturated rings. The van der Waals surface area contributed by atoms with Crippen molar-refractivity contribution in [2.24, 2.45) is 5.73 Å². The van der Waals surface area contributed by atoms with E-state index in [-0.39, 0.29) is 6.04 Å². The molecule has 1 heterocycles. The normalized spacial score (nSPS) is 12.7. The molecule has 84 valence electrons. The fraction of sp³-hybridized carbons (Fsp3) is 0.167. The van der Waals surface area contributed by atoms with Crippen molar-refractivity contribution in [1.82, 2.24) is 0 Å². The van der Waals surface area contributed by atoms with Crippen molar-refractivity contribution >= 4 is 43.2 Å². The lowest BCUT2D eigenvalue weighted by molar-refractivity contribution is 0.722. The first-order valence-electron chi connectivity index (χ1n) is 4.88. The van der Waals surface area contributed by atoms with E-state index in [0.717, 1.165) is 15.4 Å². The van der Waals surface area contributed by atoms with Gasteiger partial charge < -0.3 is 5.73 Å². The summed E-state index contributed by atoms with van der Waals surface area (Å²) in [5, 5.41) is 4.17. The van der Waals surface area contributed by atoms with Crippen molar-refractivity contribution < 1.29 is 0 Å². The minimum Gasteiger partial charge on any atom is -0.324 e. The maximum absolute atomic E-state index is 6.18. The molecule has 0 bridgehead atoms. The van der Waals surface area contributed by atoms with Crippen LogP contribution in [0.3, 0.4) is 0 Å². The average Bonchev–Trinajstić information content (AvgIpc) is 2.68. The van der Waals surface area contributed by atoms with Gasteiger partial charge in [-0.2, -0.15) is 11.3 Å². The maximum Gasteiger partial charge on any atom is 0.0355 e. The quantitative estimate of drug-likeness (QED) is 0.855. The summed E-state index contributed by atoms with van der Waals surface area (Å²) in [5.41, 5.74) is 8.62. The lowest BCUT2D eigenvalue weighted by Gasteiger charge is -2.11. The average molecular weight is 361 g/mol. The molecule has 0 saturated heterocycles. The van der Waals surface area contributed by atoms with Crippen molar-refractivity contribution in [3.8, 4) is 0 Å². The molecule has 0 aliphatic rings. The summed E-state index contributed by atoms with van der Waals surface area (Å²) in [7, 11) is 0. The van der Waals surface area contributed by atoms with Crippen LogP contribution in [0, 0.1) is 0 Å². The first-order chi connectivity index (χ1) is 7.66. The summed E-state index contributed by atoms with van der Waals surface area (Å²) in [4.78, 5) is 0. The third-order valence-corrected chi connectivity index (χ3v) is 4.69. The molecule has 0 saturated carbocycles. The van der Waals surface area contributed by atoms with Crippen LogP contribution in [0.2, 0.25) is 0 Å². The highest BCUT2D eigenvalue weighted by Gasteiger charge is 2.11. The molecule has 2 N–H and O–H groups in total. The summed E-state index contributed by atoms with van der Waals surface area (Å²) >= 11 is 8.61. The highest BCUT2D eigenvalue weighted by atomic mass is 79.9. The van der Waals surface area contributed by atoms with Crippen molar-refractivity contribution in [3.05, 3.63) is 55.1 Å². The second-order valence-corrected chi connectivity index (χ2v) is 6.13. The van der Waals surface area contributed by atoms with Gasteiger partial charge in [-0.05, 0) is 51.0 Å². The third kappa shape index (κ3) is 2.94. The Hall–Kier alpha value is -0.160. The number of nitrogens with two attached hydrogens (primary N) is 1. The molecular weight excluding hydrogens is 350 g/mol. The van der Waals surface area contributed by atoms with Gasteiger partial charge in [-0.1, -0.05) is 28.1 Å². The largest absolute Gasteiger partial charge is 0.324 e. The molecule has 0 radical (unpaired) electrons. The molecule has 4 heteroatoms. The Morgan fingerprint density at radius 1 is 1.12 bits per heavy atom. The van der Waals surface area contributed by atoms with Gasteiger partial charge >= 0.3 is 0 Å². The standard InChI is InChI=1S/C12H11Br2NS/c13-9-3-1-8(2-4-9)5-12(15)10-6-16-7-11(10)14/h1-4,6-7,12H,5,15H2. The minimum atomic E-state index is 0.0572. The predicted molar refractivity (Wildman–Crippen MR) is 76.8 cm³/mol. The van der Waals surface area contributed by atoms with Gasteiger partial charge in [0, 0.05) is 20.4 Å². The molecule has 1 nitrogen and oxygen atoms in total. The van der Waals surface area contributed by atoms with Crippen LogP contribution >= 0.6 is 43.2 Å². The fourth-order valence-corrected chi connectivity index (χ4v) is 3.46. The van der Waals surface area contributed by atoms with Gasteiger partial charge in [0.2, 0.25) is 0 Å². The van der Waals surface area contributed by atoms with E-state index in [1.54, 1.807) is 11.3 Å². The van der Waals surface area contributed by atoms with Crippen molar-refractivity contribution in [2.45, 2.75) is 12.5 Å². The second kappa shape index (κ2) is 5.45. The smallest absolute Gasteiger partial charge is 0.0355 e. The zero-order valence-corrected chi connectivity index (χ0v) is 12.5. The van der Waals surface area contributed by atoms with E-state index in [0.29, 0.717) is 0 Å². The topological polar surface area (TPSA) is 26.0 Å².